The molecule has 1 rings (SSSR count). The van der Waals surface area contributed by atoms with Crippen LogP contribution in [-0.2, 0) is 4.79 Å². The molecule has 1 aromatic heterocycles. The van der Waals surface area contributed by atoms with Crippen LogP contribution in [0.25, 0.3) is 0 Å². The van der Waals surface area contributed by atoms with E-state index in [1.165, 1.54) is 17.3 Å². The largest absolute Gasteiger partial charge is 0.395 e. The summed E-state index contributed by atoms with van der Waals surface area (Å²) in [4.78, 5) is 18.0. The summed E-state index contributed by atoms with van der Waals surface area (Å²) < 4.78 is 1.54. The predicted molar refractivity (Wildman–Crippen MR) is 67.9 cm³/mol. The lowest BCUT2D eigenvalue weighted by molar-refractivity contribution is -0.137. The van der Waals surface area contributed by atoms with Crippen molar-refractivity contribution in [3.63, 3.8) is 0 Å². The Morgan fingerprint density at radius 3 is 2.56 bits per heavy atom. The molecule has 1 atom stereocenters. The maximum atomic E-state index is 12.4. The molecule has 0 fully saturated rings. The molecule has 0 radical (unpaired) electrons. The smallest absolute Gasteiger partial charge is 0.247 e. The van der Waals surface area contributed by atoms with Crippen LogP contribution in [-0.4, -0.2) is 49.9 Å². The molecule has 0 bridgehead atoms. The zero-order chi connectivity index (χ0) is 13.5. The molecule has 1 unspecified atom stereocenters. The molecule has 0 aliphatic carbocycles. The Labute approximate surface area is 108 Å². The molecule has 6 heteroatoms. The molecule has 18 heavy (non-hydrogen) atoms. The summed E-state index contributed by atoms with van der Waals surface area (Å²) in [5, 5.41) is 13.1. The highest BCUT2D eigenvalue weighted by Gasteiger charge is 2.26. The molecule has 1 aromatic rings. The molecule has 0 saturated heterocycles. The Morgan fingerprint density at radius 1 is 1.44 bits per heavy atom. The van der Waals surface area contributed by atoms with Gasteiger partial charge >= 0.3 is 0 Å². The van der Waals surface area contributed by atoms with Crippen LogP contribution >= 0.6 is 0 Å². The molecule has 0 spiro atoms. The number of hydrogen-bond donors (Lipinski definition) is 1. The van der Waals surface area contributed by atoms with Gasteiger partial charge in [0.05, 0.1) is 6.61 Å². The molecule has 0 aromatic carbocycles. The predicted octanol–water partition coefficient (Wildman–Crippen LogP) is 0.849. The quantitative estimate of drug-likeness (QED) is 0.783. The molecular weight excluding hydrogens is 232 g/mol. The van der Waals surface area contributed by atoms with E-state index in [1.54, 1.807) is 11.8 Å². The Kier molecular flexibility index (Phi) is 5.77. The van der Waals surface area contributed by atoms with E-state index in [1.807, 2.05) is 13.8 Å². The van der Waals surface area contributed by atoms with Crippen molar-refractivity contribution in [2.75, 3.05) is 13.2 Å². The first-order valence-electron chi connectivity index (χ1n) is 6.41. The zero-order valence-electron chi connectivity index (χ0n) is 11.3. The topological polar surface area (TPSA) is 71.2 Å². The Balaban J connectivity index is 2.81. The zero-order valence-corrected chi connectivity index (χ0v) is 11.3. The summed E-state index contributed by atoms with van der Waals surface area (Å²) in [6.45, 7) is 6.23. The van der Waals surface area contributed by atoms with Crippen molar-refractivity contribution >= 4 is 5.91 Å². The van der Waals surface area contributed by atoms with Crippen LogP contribution in [0.1, 0.15) is 39.7 Å². The van der Waals surface area contributed by atoms with Crippen molar-refractivity contribution in [3.8, 4) is 0 Å². The average Bonchev–Trinajstić information content (AvgIpc) is 2.91. The number of nitrogens with zero attached hydrogens (tertiary/aromatic N) is 4. The highest BCUT2D eigenvalue weighted by Crippen LogP contribution is 2.15. The van der Waals surface area contributed by atoms with E-state index in [0.717, 1.165) is 12.8 Å². The summed E-state index contributed by atoms with van der Waals surface area (Å²) >= 11 is 0. The van der Waals surface area contributed by atoms with Crippen LogP contribution in [0.3, 0.4) is 0 Å². The van der Waals surface area contributed by atoms with E-state index in [9.17, 15) is 4.79 Å². The van der Waals surface area contributed by atoms with Gasteiger partial charge in [-0.15, -0.1) is 0 Å². The summed E-state index contributed by atoms with van der Waals surface area (Å²) in [5.41, 5.74) is 0. The van der Waals surface area contributed by atoms with E-state index >= 15 is 0 Å². The van der Waals surface area contributed by atoms with Crippen molar-refractivity contribution in [1.82, 2.24) is 19.7 Å². The van der Waals surface area contributed by atoms with Crippen LogP contribution in [0.4, 0.5) is 0 Å². The Morgan fingerprint density at radius 2 is 2.11 bits per heavy atom. The normalized spacial score (nSPS) is 12.7. The van der Waals surface area contributed by atoms with E-state index in [-0.39, 0.29) is 24.6 Å². The third kappa shape index (κ3) is 3.29. The van der Waals surface area contributed by atoms with Crippen LogP contribution in [0.15, 0.2) is 12.7 Å². The highest BCUT2D eigenvalue weighted by atomic mass is 16.3. The van der Waals surface area contributed by atoms with E-state index < -0.39 is 0 Å². The second kappa shape index (κ2) is 7.10. The SMILES string of the molecule is CCC(CC)N(CCO)C(=O)C(C)n1cncn1. The first-order chi connectivity index (χ1) is 8.65. The maximum Gasteiger partial charge on any atom is 0.247 e. The molecule has 0 saturated carbocycles. The Hall–Kier alpha value is -1.43. The number of hydrogen-bond acceptors (Lipinski definition) is 4. The van der Waals surface area contributed by atoms with Gasteiger partial charge in [-0.25, -0.2) is 9.67 Å². The van der Waals surface area contributed by atoms with Gasteiger partial charge in [0.2, 0.25) is 5.91 Å². The van der Waals surface area contributed by atoms with E-state index in [2.05, 4.69) is 10.1 Å². The molecule has 1 heterocycles. The second-order valence-electron chi connectivity index (χ2n) is 4.28. The number of carbonyl (C=O) groups excluding carboxylic acids is 1. The third-order valence-corrected chi connectivity index (χ3v) is 3.20. The fourth-order valence-corrected chi connectivity index (χ4v) is 2.08. The Bertz CT molecular complexity index is 349. The van der Waals surface area contributed by atoms with Crippen LogP contribution in [0.2, 0.25) is 0 Å². The first-order valence-corrected chi connectivity index (χ1v) is 6.41. The summed E-state index contributed by atoms with van der Waals surface area (Å²) in [6, 6.07) is -0.227. The van der Waals surface area contributed by atoms with E-state index in [4.69, 9.17) is 5.11 Å². The van der Waals surface area contributed by atoms with Gasteiger partial charge < -0.3 is 10.0 Å². The fourth-order valence-electron chi connectivity index (χ4n) is 2.08. The molecule has 0 aliphatic rings. The molecule has 6 nitrogen and oxygen atoms in total. The van der Waals surface area contributed by atoms with Gasteiger partial charge in [-0.05, 0) is 19.8 Å². The molecule has 102 valence electrons. The van der Waals surface area contributed by atoms with Gasteiger partial charge in [-0.1, -0.05) is 13.8 Å². The summed E-state index contributed by atoms with van der Waals surface area (Å²) in [6.07, 6.45) is 4.71. The van der Waals surface area contributed by atoms with Crippen LogP contribution < -0.4 is 0 Å². The number of rotatable bonds is 7. The minimum Gasteiger partial charge on any atom is -0.395 e. The lowest BCUT2D eigenvalue weighted by atomic mass is 10.1. The number of aromatic nitrogens is 3. The van der Waals surface area contributed by atoms with Crippen molar-refractivity contribution in [2.24, 2.45) is 0 Å². The number of amides is 1. The second-order valence-corrected chi connectivity index (χ2v) is 4.28. The van der Waals surface area contributed by atoms with Gasteiger partial charge in [0.25, 0.3) is 0 Å². The van der Waals surface area contributed by atoms with Crippen molar-refractivity contribution in [3.05, 3.63) is 12.7 Å². The maximum absolute atomic E-state index is 12.4. The minimum absolute atomic E-state index is 0.0215. The average molecular weight is 254 g/mol. The summed E-state index contributed by atoms with van der Waals surface area (Å²) in [5.74, 6) is -0.0248. The molecular formula is C12H22N4O2. The van der Waals surface area contributed by atoms with Crippen molar-refractivity contribution < 1.29 is 9.90 Å². The van der Waals surface area contributed by atoms with Gasteiger partial charge in [-0.2, -0.15) is 5.10 Å². The van der Waals surface area contributed by atoms with Gasteiger partial charge in [0.1, 0.15) is 18.7 Å². The fraction of sp³-hybridized carbons (Fsp3) is 0.750. The van der Waals surface area contributed by atoms with Gasteiger partial charge in [-0.3, -0.25) is 4.79 Å². The number of aliphatic hydroxyl groups excluding tert-OH is 1. The van der Waals surface area contributed by atoms with Gasteiger partial charge in [0.15, 0.2) is 0 Å². The molecule has 1 N–H and O–H groups in total. The lowest BCUT2D eigenvalue weighted by Gasteiger charge is -2.32. The first kappa shape index (κ1) is 14.6. The number of aliphatic hydroxyl groups is 1. The molecule has 0 aliphatic heterocycles. The number of carbonyl (C=O) groups is 1. The summed E-state index contributed by atoms with van der Waals surface area (Å²) in [7, 11) is 0. The molecule has 1 amide bonds. The van der Waals surface area contributed by atoms with Gasteiger partial charge in [0, 0.05) is 12.6 Å². The lowest BCUT2D eigenvalue weighted by Crippen LogP contribution is -2.44. The van der Waals surface area contributed by atoms with Crippen molar-refractivity contribution in [1.29, 1.82) is 0 Å². The van der Waals surface area contributed by atoms with Crippen molar-refractivity contribution in [2.45, 2.75) is 45.7 Å². The van der Waals surface area contributed by atoms with Crippen LogP contribution in [0.5, 0.6) is 0 Å². The third-order valence-electron chi connectivity index (χ3n) is 3.20. The standard InChI is InChI=1S/C12H22N4O2/c1-4-11(5-2)15(6-7-17)12(18)10(3)16-9-13-8-14-16/h8-11,17H,4-7H2,1-3H3. The monoisotopic (exact) mass is 254 g/mol. The highest BCUT2D eigenvalue weighted by molar-refractivity contribution is 5.80. The van der Waals surface area contributed by atoms with Crippen LogP contribution in [0, 0.1) is 0 Å². The minimum atomic E-state index is -0.389. The van der Waals surface area contributed by atoms with E-state index in [0.29, 0.717) is 6.54 Å².